The van der Waals surface area contributed by atoms with Crippen LogP contribution in [0.4, 0.5) is 5.82 Å². The zero-order valence-electron chi connectivity index (χ0n) is 22.3. The predicted molar refractivity (Wildman–Crippen MR) is 153 cm³/mol. The molecular weight excluding hydrogens is 514 g/mol. The second-order valence-corrected chi connectivity index (χ2v) is 12.7. The Hall–Kier alpha value is -3.11. The van der Waals surface area contributed by atoms with E-state index in [4.69, 9.17) is 9.72 Å². The first-order valence-electron chi connectivity index (χ1n) is 13.3. The summed E-state index contributed by atoms with van der Waals surface area (Å²) in [5, 5.41) is 12.6. The van der Waals surface area contributed by atoms with Gasteiger partial charge in [-0.3, -0.25) is 4.79 Å². The summed E-state index contributed by atoms with van der Waals surface area (Å²) in [6.07, 6.45) is 3.43. The minimum Gasteiger partial charge on any atom is -0.492 e. The molecule has 208 valence electrons. The maximum atomic E-state index is 13.5. The molecular formula is C30H37N3O5S. The van der Waals surface area contributed by atoms with E-state index in [0.717, 1.165) is 60.4 Å². The number of carbonyl (C=O) groups excluding carboxylic acids is 1. The fraction of sp³-hybridized carbons (Fsp3) is 0.400. The molecule has 0 spiro atoms. The minimum atomic E-state index is -1.30. The molecule has 1 saturated heterocycles. The van der Waals surface area contributed by atoms with E-state index in [0.29, 0.717) is 17.3 Å². The van der Waals surface area contributed by atoms with Crippen LogP contribution in [0.25, 0.3) is 11.3 Å². The van der Waals surface area contributed by atoms with Crippen LogP contribution in [0.2, 0.25) is 0 Å². The third-order valence-electron chi connectivity index (χ3n) is 8.12. The number of carbonyl (C=O) groups is 1. The van der Waals surface area contributed by atoms with Crippen molar-refractivity contribution < 1.29 is 25.7 Å². The minimum absolute atomic E-state index is 0. The van der Waals surface area contributed by atoms with Gasteiger partial charge in [-0.1, -0.05) is 44.2 Å². The Morgan fingerprint density at radius 2 is 1.95 bits per heavy atom. The van der Waals surface area contributed by atoms with Crippen molar-refractivity contribution in [1.29, 1.82) is 0 Å². The Bertz CT molecular complexity index is 1410. The van der Waals surface area contributed by atoms with E-state index in [-0.39, 0.29) is 30.9 Å². The van der Waals surface area contributed by atoms with E-state index in [9.17, 15) is 14.1 Å². The van der Waals surface area contributed by atoms with Crippen molar-refractivity contribution in [2.24, 2.45) is 0 Å². The maximum Gasteiger partial charge on any atom is 0.236 e. The zero-order chi connectivity index (χ0) is 26.5. The largest absolute Gasteiger partial charge is 0.492 e. The maximum absolute atomic E-state index is 13.5. The zero-order valence-corrected chi connectivity index (χ0v) is 23.1. The van der Waals surface area contributed by atoms with Crippen molar-refractivity contribution in [1.82, 2.24) is 9.29 Å². The fourth-order valence-electron chi connectivity index (χ4n) is 5.58. The highest BCUT2D eigenvalue weighted by Crippen LogP contribution is 2.51. The van der Waals surface area contributed by atoms with Crippen LogP contribution < -0.4 is 10.1 Å². The SMILES string of the molecule is CC1(C)COc2ccc(C3(C(=O)Nc4cccc(-c5ccc(S(=O)N6CCC[C@@H]6CO)cc5)n4)CC3)cc21.O.[HH]. The number of hydrogen-bond donors (Lipinski definition) is 2. The van der Waals surface area contributed by atoms with Crippen molar-refractivity contribution in [2.45, 2.75) is 61.3 Å². The summed E-state index contributed by atoms with van der Waals surface area (Å²) in [5.74, 6) is 1.39. The van der Waals surface area contributed by atoms with Crippen LogP contribution in [0.15, 0.2) is 65.6 Å². The average molecular weight is 552 g/mol. The molecule has 0 radical (unpaired) electrons. The van der Waals surface area contributed by atoms with Crippen LogP contribution in [0.5, 0.6) is 5.75 Å². The third-order valence-corrected chi connectivity index (χ3v) is 9.71. The van der Waals surface area contributed by atoms with Crippen LogP contribution in [0, 0.1) is 0 Å². The van der Waals surface area contributed by atoms with Gasteiger partial charge in [-0.05, 0) is 61.6 Å². The lowest BCUT2D eigenvalue weighted by Crippen LogP contribution is -2.33. The van der Waals surface area contributed by atoms with Gasteiger partial charge in [0.05, 0.1) is 29.2 Å². The van der Waals surface area contributed by atoms with Gasteiger partial charge in [0.15, 0.2) is 0 Å². The van der Waals surface area contributed by atoms with Crippen LogP contribution in [0.3, 0.4) is 0 Å². The van der Waals surface area contributed by atoms with Crippen molar-refractivity contribution in [3.63, 3.8) is 0 Å². The molecule has 3 aliphatic rings. The predicted octanol–water partition coefficient (Wildman–Crippen LogP) is 3.99. The standard InChI is InChI=1S/C30H33N3O4S.H2O.H2/c1-29(2)19-37-26-13-10-21(17-24(26)29)30(14-15-30)28(35)32-27-7-3-6-25(31-27)20-8-11-23(12-9-20)38(36)33-16-4-5-22(33)18-34;;/h3,6-13,17,22,34H,4-5,14-16,18-19H2,1-2H3,(H,31,32,35);1H2;1H/t22-,38?;;/m1../s1. The molecule has 2 fully saturated rings. The van der Waals surface area contributed by atoms with Crippen LogP contribution in [-0.2, 0) is 26.6 Å². The van der Waals surface area contributed by atoms with Crippen molar-refractivity contribution in [3.8, 4) is 17.0 Å². The molecule has 1 unspecified atom stereocenters. The summed E-state index contributed by atoms with van der Waals surface area (Å²) in [4.78, 5) is 18.9. The van der Waals surface area contributed by atoms with Gasteiger partial charge in [-0.15, -0.1) is 0 Å². The second kappa shape index (κ2) is 10.5. The van der Waals surface area contributed by atoms with Gasteiger partial charge in [0.2, 0.25) is 5.91 Å². The lowest BCUT2D eigenvalue weighted by molar-refractivity contribution is -0.118. The first-order chi connectivity index (χ1) is 18.3. The number of pyridine rings is 1. The highest BCUT2D eigenvalue weighted by atomic mass is 32.2. The number of fused-ring (bicyclic) bond motifs is 1. The highest BCUT2D eigenvalue weighted by molar-refractivity contribution is 7.82. The molecule has 1 saturated carbocycles. The molecule has 0 bridgehead atoms. The summed E-state index contributed by atoms with van der Waals surface area (Å²) >= 11 is 0. The van der Waals surface area contributed by atoms with E-state index in [2.05, 4.69) is 25.2 Å². The molecule has 1 amide bonds. The molecule has 9 heteroatoms. The third kappa shape index (κ3) is 5.00. The van der Waals surface area contributed by atoms with Gasteiger partial charge in [-0.2, -0.15) is 0 Å². The monoisotopic (exact) mass is 551 g/mol. The molecule has 6 rings (SSSR count). The molecule has 39 heavy (non-hydrogen) atoms. The summed E-state index contributed by atoms with van der Waals surface area (Å²) in [6.45, 7) is 5.73. The van der Waals surface area contributed by atoms with Crippen LogP contribution in [-0.4, -0.2) is 55.8 Å². The summed E-state index contributed by atoms with van der Waals surface area (Å²) in [5.41, 5.74) is 3.22. The molecule has 1 aromatic heterocycles. The lowest BCUT2D eigenvalue weighted by Gasteiger charge is -2.21. The van der Waals surface area contributed by atoms with Crippen molar-refractivity contribution >= 4 is 22.7 Å². The van der Waals surface area contributed by atoms with Gasteiger partial charge < -0.3 is 20.6 Å². The molecule has 3 heterocycles. The number of nitrogens with one attached hydrogen (secondary N) is 1. The summed E-state index contributed by atoms with van der Waals surface area (Å²) in [6, 6.07) is 19.2. The number of aliphatic hydroxyl groups excluding tert-OH is 1. The summed E-state index contributed by atoms with van der Waals surface area (Å²) < 4.78 is 20.7. The number of ether oxygens (including phenoxy) is 1. The first-order valence-corrected chi connectivity index (χ1v) is 14.4. The number of amides is 1. The number of rotatable bonds is 7. The summed E-state index contributed by atoms with van der Waals surface area (Å²) in [7, 11) is -1.30. The number of aliphatic hydroxyl groups is 1. The Labute approximate surface area is 232 Å². The highest BCUT2D eigenvalue weighted by Gasteiger charge is 2.52. The van der Waals surface area contributed by atoms with E-state index in [1.807, 2.05) is 58.9 Å². The Morgan fingerprint density at radius 1 is 1.18 bits per heavy atom. The molecule has 4 N–H and O–H groups in total. The molecule has 3 aromatic rings. The van der Waals surface area contributed by atoms with Gasteiger partial charge in [0.25, 0.3) is 0 Å². The Kier molecular flexibility index (Phi) is 7.37. The van der Waals surface area contributed by atoms with Crippen molar-refractivity contribution in [2.75, 3.05) is 25.1 Å². The van der Waals surface area contributed by atoms with Gasteiger partial charge >= 0.3 is 0 Å². The number of aromatic nitrogens is 1. The van der Waals surface area contributed by atoms with E-state index in [1.54, 1.807) is 0 Å². The van der Waals surface area contributed by atoms with Crippen LogP contribution >= 0.6 is 0 Å². The molecule has 1 aliphatic carbocycles. The Balaban J connectivity index is 0.00000185. The topological polar surface area (TPSA) is 123 Å². The second-order valence-electron chi connectivity index (χ2n) is 11.2. The number of benzene rings is 2. The molecule has 8 nitrogen and oxygen atoms in total. The van der Waals surface area contributed by atoms with Gasteiger partial charge in [0, 0.05) is 30.6 Å². The lowest BCUT2D eigenvalue weighted by atomic mass is 9.83. The van der Waals surface area contributed by atoms with Gasteiger partial charge in [0.1, 0.15) is 22.6 Å². The van der Waals surface area contributed by atoms with E-state index in [1.165, 1.54) is 0 Å². The molecule has 2 aliphatic heterocycles. The number of anilines is 1. The fourth-order valence-corrected chi connectivity index (χ4v) is 6.96. The van der Waals surface area contributed by atoms with Crippen LogP contribution in [0.1, 0.15) is 52.1 Å². The molecule has 2 aromatic carbocycles. The average Bonchev–Trinajstić information content (AvgIpc) is 3.51. The van der Waals surface area contributed by atoms with Gasteiger partial charge in [-0.25, -0.2) is 13.5 Å². The smallest absolute Gasteiger partial charge is 0.236 e. The molecule has 2 atom stereocenters. The van der Waals surface area contributed by atoms with Crippen molar-refractivity contribution in [3.05, 3.63) is 71.8 Å². The quantitative estimate of drug-likeness (QED) is 0.460. The normalized spacial score (nSPS) is 21.4. The first kappa shape index (κ1) is 27.5. The number of hydrogen-bond acceptors (Lipinski definition) is 5. The van der Waals surface area contributed by atoms with E-state index < -0.39 is 16.4 Å². The number of nitrogens with zero attached hydrogens (tertiary/aromatic N) is 2. The Morgan fingerprint density at radius 3 is 2.67 bits per heavy atom. The van der Waals surface area contributed by atoms with E-state index >= 15 is 0 Å².